The smallest absolute Gasteiger partial charge is 0.218 e. The summed E-state index contributed by atoms with van der Waals surface area (Å²) >= 11 is 0. The number of rotatable bonds is 9. The van der Waals surface area contributed by atoms with E-state index in [1.807, 2.05) is 12.1 Å². The highest BCUT2D eigenvalue weighted by atomic mass is 16.5. The van der Waals surface area contributed by atoms with Gasteiger partial charge in [0.25, 0.3) is 0 Å². The average molecular weight is 396 g/mol. The number of hydrogen-bond donors (Lipinski definition) is 2. The Labute approximate surface area is 174 Å². The lowest BCUT2D eigenvalue weighted by Gasteiger charge is -2.15. The number of guanidine groups is 1. The van der Waals surface area contributed by atoms with Gasteiger partial charge in [-0.15, -0.1) is 0 Å². The van der Waals surface area contributed by atoms with Crippen molar-refractivity contribution in [3.05, 3.63) is 59.3 Å². The third-order valence-corrected chi connectivity index (χ3v) is 5.05. The second-order valence-electron chi connectivity index (χ2n) is 7.40. The Kier molecular flexibility index (Phi) is 8.31. The van der Waals surface area contributed by atoms with Crippen LogP contribution >= 0.6 is 0 Å². The molecule has 29 heavy (non-hydrogen) atoms. The van der Waals surface area contributed by atoms with E-state index in [0.29, 0.717) is 19.0 Å². The van der Waals surface area contributed by atoms with Crippen molar-refractivity contribution in [1.82, 2.24) is 20.5 Å². The van der Waals surface area contributed by atoms with E-state index in [4.69, 9.17) is 4.74 Å². The zero-order valence-corrected chi connectivity index (χ0v) is 17.7. The van der Waals surface area contributed by atoms with Gasteiger partial charge in [-0.3, -0.25) is 9.89 Å². The fourth-order valence-electron chi connectivity index (χ4n) is 3.43. The number of aromatic nitrogens is 1. The van der Waals surface area contributed by atoms with Crippen LogP contribution in [0.15, 0.2) is 47.6 Å². The summed E-state index contributed by atoms with van der Waals surface area (Å²) in [7, 11) is 1.78. The Morgan fingerprint density at radius 1 is 1.07 bits per heavy atom. The molecule has 0 spiro atoms. The van der Waals surface area contributed by atoms with Gasteiger partial charge in [0, 0.05) is 38.4 Å². The van der Waals surface area contributed by atoms with Gasteiger partial charge in [0.1, 0.15) is 0 Å². The predicted octanol–water partition coefficient (Wildman–Crippen LogP) is 3.33. The first kappa shape index (κ1) is 21.1. The molecule has 156 valence electrons. The summed E-state index contributed by atoms with van der Waals surface area (Å²) in [6, 6.07) is 12.8. The monoisotopic (exact) mass is 395 g/mol. The van der Waals surface area contributed by atoms with Gasteiger partial charge < -0.3 is 15.4 Å². The van der Waals surface area contributed by atoms with Crippen LogP contribution in [0.2, 0.25) is 0 Å². The Bertz CT molecular complexity index is 769. The number of nitrogens with one attached hydrogen (secondary N) is 2. The van der Waals surface area contributed by atoms with E-state index in [-0.39, 0.29) is 0 Å². The Hall–Kier alpha value is -2.60. The Balaban J connectivity index is 1.47. The Morgan fingerprint density at radius 2 is 1.79 bits per heavy atom. The van der Waals surface area contributed by atoms with E-state index in [1.54, 1.807) is 13.2 Å². The molecular weight excluding hydrogens is 362 g/mol. The van der Waals surface area contributed by atoms with Crippen LogP contribution in [0.4, 0.5) is 0 Å². The number of hydrogen-bond acceptors (Lipinski definition) is 4. The molecule has 2 heterocycles. The molecular formula is C23H33N5O. The van der Waals surface area contributed by atoms with Crippen molar-refractivity contribution in [1.29, 1.82) is 0 Å². The molecule has 0 aliphatic carbocycles. The molecule has 0 radical (unpaired) electrons. The van der Waals surface area contributed by atoms with Crippen LogP contribution in [-0.2, 0) is 19.6 Å². The summed E-state index contributed by atoms with van der Waals surface area (Å²) < 4.78 is 5.73. The molecule has 1 aromatic carbocycles. The van der Waals surface area contributed by atoms with Crippen molar-refractivity contribution >= 4 is 5.96 Å². The summed E-state index contributed by atoms with van der Waals surface area (Å²) in [5.74, 6) is 1.45. The third kappa shape index (κ3) is 6.75. The largest absolute Gasteiger partial charge is 0.477 e. The summed E-state index contributed by atoms with van der Waals surface area (Å²) in [6.07, 6.45) is 5.39. The summed E-state index contributed by atoms with van der Waals surface area (Å²) in [4.78, 5) is 11.2. The number of nitrogens with zero attached hydrogens (tertiary/aromatic N) is 3. The summed E-state index contributed by atoms with van der Waals surface area (Å²) in [5.41, 5.74) is 3.65. The van der Waals surface area contributed by atoms with Gasteiger partial charge in [0.05, 0.1) is 6.61 Å². The maximum atomic E-state index is 5.73. The van der Waals surface area contributed by atoms with Gasteiger partial charge in [0.15, 0.2) is 5.96 Å². The molecule has 0 atom stereocenters. The average Bonchev–Trinajstić information content (AvgIpc) is 3.27. The number of pyridine rings is 1. The molecule has 1 saturated heterocycles. The first-order valence-corrected chi connectivity index (χ1v) is 10.6. The molecule has 1 aliphatic heterocycles. The van der Waals surface area contributed by atoms with E-state index < -0.39 is 0 Å². The van der Waals surface area contributed by atoms with Crippen molar-refractivity contribution in [2.24, 2.45) is 4.99 Å². The normalized spacial score (nSPS) is 14.8. The summed E-state index contributed by atoms with van der Waals surface area (Å²) in [5, 5.41) is 6.72. The first-order chi connectivity index (χ1) is 14.3. The highest BCUT2D eigenvalue weighted by Crippen LogP contribution is 2.15. The Morgan fingerprint density at radius 3 is 2.52 bits per heavy atom. The van der Waals surface area contributed by atoms with Crippen LogP contribution in [0.3, 0.4) is 0 Å². The highest BCUT2D eigenvalue weighted by molar-refractivity contribution is 5.79. The number of aliphatic imine (C=N–C) groups is 1. The standard InChI is InChI=1S/C23H33N5O/c1-3-15-29-22-21(7-6-12-25-22)17-27-23(24-2)26-16-19-8-10-20(11-9-19)18-28-13-4-5-14-28/h6-12H,3-5,13-18H2,1-2H3,(H2,24,26,27). The van der Waals surface area contributed by atoms with Crippen LogP contribution < -0.4 is 15.4 Å². The molecule has 1 aliphatic rings. The minimum Gasteiger partial charge on any atom is -0.477 e. The van der Waals surface area contributed by atoms with E-state index in [0.717, 1.165) is 31.0 Å². The van der Waals surface area contributed by atoms with Gasteiger partial charge in [-0.05, 0) is 49.5 Å². The van der Waals surface area contributed by atoms with E-state index in [2.05, 4.69) is 56.7 Å². The van der Waals surface area contributed by atoms with Crippen molar-refractivity contribution in [2.75, 3.05) is 26.7 Å². The maximum absolute atomic E-state index is 5.73. The molecule has 1 aromatic heterocycles. The van der Waals surface area contributed by atoms with Gasteiger partial charge in [-0.2, -0.15) is 0 Å². The zero-order chi connectivity index (χ0) is 20.3. The van der Waals surface area contributed by atoms with Crippen LogP contribution in [0, 0.1) is 0 Å². The number of ether oxygens (including phenoxy) is 1. The minimum atomic E-state index is 0.612. The first-order valence-electron chi connectivity index (χ1n) is 10.6. The van der Waals surface area contributed by atoms with Gasteiger partial charge in [0.2, 0.25) is 5.88 Å². The molecule has 1 fully saturated rings. The third-order valence-electron chi connectivity index (χ3n) is 5.05. The van der Waals surface area contributed by atoms with Gasteiger partial charge >= 0.3 is 0 Å². The van der Waals surface area contributed by atoms with E-state index >= 15 is 0 Å². The van der Waals surface area contributed by atoms with Crippen LogP contribution in [0.5, 0.6) is 5.88 Å². The topological polar surface area (TPSA) is 61.8 Å². The van der Waals surface area contributed by atoms with Crippen LogP contribution in [-0.4, -0.2) is 42.6 Å². The molecule has 2 aromatic rings. The second kappa shape index (κ2) is 11.4. The quantitative estimate of drug-likeness (QED) is 0.504. The SMILES string of the molecule is CCCOc1ncccc1CNC(=NC)NCc1ccc(CN2CCCC2)cc1. The lowest BCUT2D eigenvalue weighted by Crippen LogP contribution is -2.36. The molecule has 0 unspecified atom stereocenters. The van der Waals surface area contributed by atoms with E-state index in [9.17, 15) is 0 Å². The fraction of sp³-hybridized carbons (Fsp3) is 0.478. The number of benzene rings is 1. The lowest BCUT2D eigenvalue weighted by atomic mass is 10.1. The van der Waals surface area contributed by atoms with Crippen molar-refractivity contribution in [3.63, 3.8) is 0 Å². The van der Waals surface area contributed by atoms with Gasteiger partial charge in [-0.1, -0.05) is 37.3 Å². The van der Waals surface area contributed by atoms with Crippen molar-refractivity contribution < 1.29 is 4.74 Å². The number of likely N-dealkylation sites (tertiary alicyclic amines) is 1. The zero-order valence-electron chi connectivity index (χ0n) is 17.7. The van der Waals surface area contributed by atoms with E-state index in [1.165, 1.54) is 37.1 Å². The highest BCUT2D eigenvalue weighted by Gasteiger charge is 2.11. The maximum Gasteiger partial charge on any atom is 0.218 e. The molecule has 3 rings (SSSR count). The molecule has 0 saturated carbocycles. The molecule has 6 heteroatoms. The van der Waals surface area contributed by atoms with Crippen molar-refractivity contribution in [3.8, 4) is 5.88 Å². The predicted molar refractivity (Wildman–Crippen MR) is 118 cm³/mol. The second-order valence-corrected chi connectivity index (χ2v) is 7.40. The fourth-order valence-corrected chi connectivity index (χ4v) is 3.43. The van der Waals surface area contributed by atoms with Crippen LogP contribution in [0.25, 0.3) is 0 Å². The molecule has 0 bridgehead atoms. The van der Waals surface area contributed by atoms with Crippen molar-refractivity contribution in [2.45, 2.75) is 45.8 Å². The summed E-state index contributed by atoms with van der Waals surface area (Å²) in [6.45, 7) is 7.62. The minimum absolute atomic E-state index is 0.612. The lowest BCUT2D eigenvalue weighted by molar-refractivity contribution is 0.301. The van der Waals surface area contributed by atoms with Crippen LogP contribution in [0.1, 0.15) is 42.9 Å². The molecule has 0 amide bonds. The molecule has 6 nitrogen and oxygen atoms in total. The van der Waals surface area contributed by atoms with Gasteiger partial charge in [-0.25, -0.2) is 4.98 Å². The molecule has 2 N–H and O–H groups in total.